The highest BCUT2D eigenvalue weighted by atomic mass is 32.2. The second-order valence-corrected chi connectivity index (χ2v) is 9.27. The molecule has 1 saturated heterocycles. The van der Waals surface area contributed by atoms with Gasteiger partial charge in [0.2, 0.25) is 15.9 Å². The number of methoxy groups -OCH3 is 1. The number of anilines is 1. The second-order valence-electron chi connectivity index (χ2n) is 7.33. The molecule has 8 heteroatoms. The van der Waals surface area contributed by atoms with E-state index in [-0.39, 0.29) is 29.5 Å². The summed E-state index contributed by atoms with van der Waals surface area (Å²) in [6.45, 7) is 1.79. The molecule has 0 saturated carbocycles. The van der Waals surface area contributed by atoms with Gasteiger partial charge in [0, 0.05) is 25.8 Å². The maximum absolute atomic E-state index is 13.6. The molecule has 1 atom stereocenters. The van der Waals surface area contributed by atoms with Crippen molar-refractivity contribution in [3.63, 3.8) is 0 Å². The number of fused-ring (bicyclic) bond motifs is 2. The smallest absolute Gasteiger partial charge is 0.243 e. The first-order chi connectivity index (χ1) is 13.2. The Morgan fingerprint density at radius 1 is 1.18 bits per heavy atom. The lowest BCUT2D eigenvalue weighted by Gasteiger charge is -2.23. The van der Waals surface area contributed by atoms with Crippen molar-refractivity contribution < 1.29 is 22.3 Å². The van der Waals surface area contributed by atoms with Crippen LogP contribution in [0.1, 0.15) is 17.5 Å². The van der Waals surface area contributed by atoms with E-state index in [0.29, 0.717) is 12.2 Å². The van der Waals surface area contributed by atoms with Crippen LogP contribution in [-0.4, -0.2) is 45.9 Å². The average Bonchev–Trinajstić information content (AvgIpc) is 3.22. The number of likely N-dealkylation sites (N-methyl/N-ethyl adjacent to an activating group) is 1. The first-order valence-corrected chi connectivity index (χ1v) is 10.4. The zero-order chi connectivity index (χ0) is 20.3. The number of hydrogen-bond donors (Lipinski definition) is 0. The lowest BCUT2D eigenvalue weighted by molar-refractivity contribution is -0.122. The predicted molar refractivity (Wildman–Crippen MR) is 103 cm³/mol. The van der Waals surface area contributed by atoms with Gasteiger partial charge < -0.3 is 9.64 Å². The Balaban J connectivity index is 1.74. The molecule has 2 aliphatic rings. The molecule has 0 unspecified atom stereocenters. The maximum Gasteiger partial charge on any atom is 0.243 e. The van der Waals surface area contributed by atoms with Gasteiger partial charge in [-0.25, -0.2) is 12.8 Å². The molecule has 4 rings (SSSR count). The number of aryl methyl sites for hydroxylation is 1. The van der Waals surface area contributed by atoms with Crippen LogP contribution in [-0.2, 0) is 20.2 Å². The molecule has 2 aliphatic heterocycles. The summed E-state index contributed by atoms with van der Waals surface area (Å²) in [4.78, 5) is 14.7. The molecule has 0 bridgehead atoms. The van der Waals surface area contributed by atoms with Crippen molar-refractivity contribution in [3.05, 3.63) is 53.3 Å². The van der Waals surface area contributed by atoms with Crippen molar-refractivity contribution in [1.82, 2.24) is 4.31 Å². The monoisotopic (exact) mass is 404 g/mol. The Kier molecular flexibility index (Phi) is 4.24. The molecule has 2 heterocycles. The SMILES string of the molecule is COc1ccc2c(c1)[C@]1(CCN(S(=O)(=O)c3ccc(F)c(C)c3)C1)C(=O)N2C. The largest absolute Gasteiger partial charge is 0.497 e. The second kappa shape index (κ2) is 6.28. The molecule has 148 valence electrons. The van der Waals surface area contributed by atoms with Gasteiger partial charge in [0.1, 0.15) is 11.6 Å². The Hall–Kier alpha value is -2.45. The summed E-state index contributed by atoms with van der Waals surface area (Å²) < 4.78 is 46.4. The van der Waals surface area contributed by atoms with Crippen LogP contribution in [0.5, 0.6) is 5.75 Å². The van der Waals surface area contributed by atoms with Crippen LogP contribution >= 0.6 is 0 Å². The third-order valence-corrected chi connectivity index (χ3v) is 7.64. The molecule has 0 radical (unpaired) electrons. The molecule has 6 nitrogen and oxygen atoms in total. The fourth-order valence-electron chi connectivity index (χ4n) is 4.16. The van der Waals surface area contributed by atoms with Crippen LogP contribution in [0.25, 0.3) is 0 Å². The molecule has 1 fully saturated rings. The zero-order valence-corrected chi connectivity index (χ0v) is 16.7. The van der Waals surface area contributed by atoms with Crippen LogP contribution < -0.4 is 9.64 Å². The van der Waals surface area contributed by atoms with E-state index in [1.807, 2.05) is 12.1 Å². The van der Waals surface area contributed by atoms with Crippen LogP contribution in [0.2, 0.25) is 0 Å². The topological polar surface area (TPSA) is 66.9 Å². The van der Waals surface area contributed by atoms with Crippen molar-refractivity contribution in [2.45, 2.75) is 23.7 Å². The summed E-state index contributed by atoms with van der Waals surface area (Å²) in [6.07, 6.45) is 0.385. The van der Waals surface area contributed by atoms with Gasteiger partial charge >= 0.3 is 0 Å². The van der Waals surface area contributed by atoms with Gasteiger partial charge in [-0.05, 0) is 60.9 Å². The summed E-state index contributed by atoms with van der Waals surface area (Å²) in [5.41, 5.74) is 0.887. The number of carbonyl (C=O) groups is 1. The highest BCUT2D eigenvalue weighted by Crippen LogP contribution is 2.48. The van der Waals surface area contributed by atoms with Gasteiger partial charge in [0.05, 0.1) is 17.4 Å². The van der Waals surface area contributed by atoms with Crippen molar-refractivity contribution in [1.29, 1.82) is 0 Å². The molecule has 0 aromatic heterocycles. The standard InChI is InChI=1S/C20H21FN2O4S/c1-13-10-15(5-6-17(13)21)28(25,26)23-9-8-20(12-23)16-11-14(27-3)4-7-18(16)22(2)19(20)24/h4-7,10-11H,8-9,12H2,1-3H3/t20-/m1/s1. The highest BCUT2D eigenvalue weighted by molar-refractivity contribution is 7.89. The molecular formula is C20H21FN2O4S. The number of amides is 1. The molecule has 0 N–H and O–H groups in total. The first-order valence-electron chi connectivity index (χ1n) is 8.94. The lowest BCUT2D eigenvalue weighted by atomic mass is 9.81. The van der Waals surface area contributed by atoms with E-state index >= 15 is 0 Å². The van der Waals surface area contributed by atoms with E-state index in [1.165, 1.54) is 23.4 Å². The third kappa shape index (κ3) is 2.55. The number of ether oxygens (including phenoxy) is 1. The Morgan fingerprint density at radius 2 is 1.93 bits per heavy atom. The Bertz CT molecular complexity index is 1090. The summed E-state index contributed by atoms with van der Waals surface area (Å²) in [5.74, 6) is 0.0471. The van der Waals surface area contributed by atoms with E-state index in [2.05, 4.69) is 0 Å². The van der Waals surface area contributed by atoms with Crippen LogP contribution in [0.3, 0.4) is 0 Å². The number of hydrogen-bond acceptors (Lipinski definition) is 4. The fraction of sp³-hybridized carbons (Fsp3) is 0.350. The number of rotatable bonds is 3. The van der Waals surface area contributed by atoms with E-state index < -0.39 is 21.3 Å². The van der Waals surface area contributed by atoms with E-state index in [9.17, 15) is 17.6 Å². The molecule has 28 heavy (non-hydrogen) atoms. The molecule has 1 spiro atoms. The highest BCUT2D eigenvalue weighted by Gasteiger charge is 2.55. The number of carbonyl (C=O) groups excluding carboxylic acids is 1. The molecule has 1 amide bonds. The van der Waals surface area contributed by atoms with Crippen LogP contribution in [0.15, 0.2) is 41.3 Å². The van der Waals surface area contributed by atoms with Gasteiger partial charge in [-0.2, -0.15) is 4.31 Å². The minimum absolute atomic E-state index is 0.0353. The maximum atomic E-state index is 13.6. The molecule has 0 aliphatic carbocycles. The number of halogens is 1. The summed E-state index contributed by atoms with van der Waals surface area (Å²) in [5, 5.41) is 0. The summed E-state index contributed by atoms with van der Waals surface area (Å²) >= 11 is 0. The van der Waals surface area contributed by atoms with Gasteiger partial charge in [-0.1, -0.05) is 0 Å². The van der Waals surface area contributed by atoms with Crippen LogP contribution in [0, 0.1) is 12.7 Å². The molecular weight excluding hydrogens is 383 g/mol. The minimum Gasteiger partial charge on any atom is -0.497 e. The molecule has 2 aromatic carbocycles. The van der Waals surface area contributed by atoms with Crippen molar-refractivity contribution >= 4 is 21.6 Å². The Morgan fingerprint density at radius 3 is 2.61 bits per heavy atom. The first kappa shape index (κ1) is 18.9. The lowest BCUT2D eigenvalue weighted by Crippen LogP contribution is -2.42. The van der Waals surface area contributed by atoms with E-state index in [0.717, 1.165) is 17.3 Å². The number of benzene rings is 2. The average molecular weight is 404 g/mol. The fourth-order valence-corrected chi connectivity index (χ4v) is 5.75. The third-order valence-electron chi connectivity index (χ3n) is 5.80. The molecule has 2 aromatic rings. The Labute approximate surface area is 163 Å². The predicted octanol–water partition coefficient (Wildman–Crippen LogP) is 2.45. The van der Waals surface area contributed by atoms with Gasteiger partial charge in [0.25, 0.3) is 0 Å². The van der Waals surface area contributed by atoms with Gasteiger partial charge in [0.15, 0.2) is 0 Å². The van der Waals surface area contributed by atoms with E-state index in [4.69, 9.17) is 4.74 Å². The number of nitrogens with zero attached hydrogens (tertiary/aromatic N) is 2. The van der Waals surface area contributed by atoms with Crippen LogP contribution in [0.4, 0.5) is 10.1 Å². The van der Waals surface area contributed by atoms with Gasteiger partial charge in [-0.15, -0.1) is 0 Å². The summed E-state index contributed by atoms with van der Waals surface area (Å²) in [6, 6.07) is 9.17. The van der Waals surface area contributed by atoms with Crippen molar-refractivity contribution in [2.24, 2.45) is 0 Å². The van der Waals surface area contributed by atoms with Gasteiger partial charge in [-0.3, -0.25) is 4.79 Å². The minimum atomic E-state index is -3.84. The normalized spacial score (nSPS) is 22.1. The number of sulfonamides is 1. The van der Waals surface area contributed by atoms with E-state index in [1.54, 1.807) is 25.1 Å². The summed E-state index contributed by atoms with van der Waals surface area (Å²) in [7, 11) is -0.586. The van der Waals surface area contributed by atoms with Crippen molar-refractivity contribution in [3.8, 4) is 5.75 Å². The quantitative estimate of drug-likeness (QED) is 0.788. The van der Waals surface area contributed by atoms with Crippen molar-refractivity contribution in [2.75, 3.05) is 32.1 Å². The zero-order valence-electron chi connectivity index (χ0n) is 15.9.